The van der Waals surface area contributed by atoms with E-state index in [0.29, 0.717) is 5.69 Å². The van der Waals surface area contributed by atoms with E-state index in [1.54, 1.807) is 6.07 Å². The molecule has 1 aliphatic rings. The molecule has 2 heteroatoms. The Kier molecular flexibility index (Phi) is 7.40. The van der Waals surface area contributed by atoms with Crippen molar-refractivity contribution in [2.45, 2.75) is 19.3 Å². The van der Waals surface area contributed by atoms with E-state index in [2.05, 4.69) is 98.8 Å². The van der Waals surface area contributed by atoms with Gasteiger partial charge in [-0.3, -0.25) is 0 Å². The van der Waals surface area contributed by atoms with Crippen molar-refractivity contribution < 1.29 is 4.39 Å². The van der Waals surface area contributed by atoms with E-state index in [0.717, 1.165) is 39.2 Å². The van der Waals surface area contributed by atoms with E-state index in [1.807, 2.05) is 95.9 Å². The Hall–Kier alpha value is -6.25. The van der Waals surface area contributed by atoms with Crippen molar-refractivity contribution in [2.24, 2.45) is 0 Å². The number of halogens is 1. The Morgan fingerprint density at radius 2 is 1.08 bits per heavy atom. The molecule has 0 spiro atoms. The van der Waals surface area contributed by atoms with Crippen LogP contribution in [0.25, 0.3) is 56.0 Å². The SMILES string of the molecule is CC1(C)c2cccc3ccc4cc(C=Cc5ccc(N(c6ccccc6)c6c(F)cc(-c7ccccc7)cc6-c6ccccc6)cc5)cc1c4c23. The summed E-state index contributed by atoms with van der Waals surface area (Å²) in [6.07, 6.45) is 4.38. The van der Waals surface area contributed by atoms with Crippen LogP contribution >= 0.6 is 0 Å². The van der Waals surface area contributed by atoms with Crippen LogP contribution in [0.5, 0.6) is 0 Å². The highest BCUT2D eigenvalue weighted by molar-refractivity contribution is 6.15. The van der Waals surface area contributed by atoms with Gasteiger partial charge >= 0.3 is 0 Å². The maximum absolute atomic E-state index is 16.7. The third-order valence-electron chi connectivity index (χ3n) is 10.4. The zero-order chi connectivity index (χ0) is 34.5. The number of benzene rings is 8. The minimum atomic E-state index is -0.283. The fourth-order valence-electron chi connectivity index (χ4n) is 7.89. The number of nitrogens with zero attached hydrogens (tertiary/aromatic N) is 1. The van der Waals surface area contributed by atoms with Crippen LogP contribution in [0.3, 0.4) is 0 Å². The number of anilines is 3. The van der Waals surface area contributed by atoms with Crippen molar-refractivity contribution in [1.29, 1.82) is 0 Å². The van der Waals surface area contributed by atoms with Crippen molar-refractivity contribution in [3.05, 3.63) is 198 Å². The number of para-hydroxylation sites is 1. The van der Waals surface area contributed by atoms with E-state index >= 15 is 4.39 Å². The maximum Gasteiger partial charge on any atom is 0.148 e. The molecule has 9 rings (SSSR count). The molecular weight excluding hydrogens is 622 g/mol. The first-order valence-electron chi connectivity index (χ1n) is 17.5. The standard InChI is InChI=1S/C49H36FN/c1-49(2)43-20-12-17-37-25-26-38-29-34(30-44(49)47(38)46(37)43)22-21-33-23-27-41(28-24-33)51(40-18-10-5-11-19-40)48-42(36-15-8-4-9-16-36)31-39(32-45(48)50)35-13-6-3-7-14-35/h3-32H,1-2H3. The van der Waals surface area contributed by atoms with Gasteiger partial charge in [0.25, 0.3) is 0 Å². The monoisotopic (exact) mass is 657 g/mol. The summed E-state index contributed by atoms with van der Waals surface area (Å²) in [5, 5.41) is 5.36. The molecular formula is C49H36FN. The Bertz CT molecular complexity index is 2590. The van der Waals surface area contributed by atoms with Gasteiger partial charge in [0.1, 0.15) is 5.82 Å². The summed E-state index contributed by atoms with van der Waals surface area (Å²) in [6.45, 7) is 4.67. The first-order chi connectivity index (χ1) is 25.0. The highest BCUT2D eigenvalue weighted by atomic mass is 19.1. The quantitative estimate of drug-likeness (QED) is 0.122. The van der Waals surface area contributed by atoms with Gasteiger partial charge in [-0.2, -0.15) is 0 Å². The molecule has 0 saturated carbocycles. The zero-order valence-electron chi connectivity index (χ0n) is 28.6. The molecule has 0 amide bonds. The van der Waals surface area contributed by atoms with Crippen LogP contribution in [-0.2, 0) is 5.41 Å². The molecule has 0 unspecified atom stereocenters. The lowest BCUT2D eigenvalue weighted by molar-refractivity contribution is 0.630. The van der Waals surface area contributed by atoms with Crippen LogP contribution in [0, 0.1) is 5.82 Å². The Morgan fingerprint density at radius 1 is 0.471 bits per heavy atom. The van der Waals surface area contributed by atoms with Gasteiger partial charge < -0.3 is 4.90 Å². The van der Waals surface area contributed by atoms with Crippen LogP contribution in [0.2, 0.25) is 0 Å². The Labute approximate surface area is 298 Å². The van der Waals surface area contributed by atoms with Crippen molar-refractivity contribution in [3.8, 4) is 22.3 Å². The summed E-state index contributed by atoms with van der Waals surface area (Å²) < 4.78 is 16.7. The predicted octanol–water partition coefficient (Wildman–Crippen LogP) is 13.7. The van der Waals surface area contributed by atoms with Gasteiger partial charge in [0.15, 0.2) is 0 Å². The zero-order valence-corrected chi connectivity index (χ0v) is 28.6. The highest BCUT2D eigenvalue weighted by Gasteiger charge is 2.34. The average Bonchev–Trinajstić information content (AvgIpc) is 3.41. The van der Waals surface area contributed by atoms with Crippen molar-refractivity contribution in [2.75, 3.05) is 4.90 Å². The molecule has 0 radical (unpaired) electrons. The molecule has 0 atom stereocenters. The fourth-order valence-corrected chi connectivity index (χ4v) is 7.89. The third kappa shape index (κ3) is 5.32. The molecule has 0 fully saturated rings. The lowest BCUT2D eigenvalue weighted by atomic mass is 9.81. The van der Waals surface area contributed by atoms with Gasteiger partial charge in [-0.05, 0) is 103 Å². The molecule has 8 aromatic rings. The highest BCUT2D eigenvalue weighted by Crippen LogP contribution is 2.49. The molecule has 244 valence electrons. The van der Waals surface area contributed by atoms with Gasteiger partial charge in [-0.25, -0.2) is 4.39 Å². The summed E-state index contributed by atoms with van der Waals surface area (Å²) in [5.41, 5.74) is 10.9. The molecule has 1 nitrogen and oxygen atoms in total. The molecule has 0 heterocycles. The summed E-state index contributed by atoms with van der Waals surface area (Å²) in [7, 11) is 0. The summed E-state index contributed by atoms with van der Waals surface area (Å²) >= 11 is 0. The Morgan fingerprint density at radius 3 is 1.80 bits per heavy atom. The Balaban J connectivity index is 1.11. The van der Waals surface area contributed by atoms with Crippen molar-refractivity contribution >= 4 is 50.8 Å². The van der Waals surface area contributed by atoms with E-state index in [1.165, 1.54) is 38.2 Å². The van der Waals surface area contributed by atoms with Gasteiger partial charge in [0.05, 0.1) is 5.69 Å². The minimum absolute atomic E-state index is 0.0545. The molecule has 51 heavy (non-hydrogen) atoms. The lowest BCUT2D eigenvalue weighted by Crippen LogP contribution is -2.15. The number of hydrogen-bond acceptors (Lipinski definition) is 1. The lowest BCUT2D eigenvalue weighted by Gasteiger charge is -2.29. The maximum atomic E-state index is 16.7. The van der Waals surface area contributed by atoms with Gasteiger partial charge in [0, 0.05) is 22.4 Å². The second-order valence-electron chi connectivity index (χ2n) is 13.9. The number of rotatable bonds is 7. The second kappa shape index (κ2) is 12.3. The topological polar surface area (TPSA) is 3.24 Å². The molecule has 0 aliphatic heterocycles. The molecule has 0 bridgehead atoms. The summed E-state index contributed by atoms with van der Waals surface area (Å²) in [6, 6.07) is 58.2. The number of hydrogen-bond donors (Lipinski definition) is 0. The van der Waals surface area contributed by atoms with E-state index < -0.39 is 0 Å². The molecule has 8 aromatic carbocycles. The second-order valence-corrected chi connectivity index (χ2v) is 13.9. The molecule has 0 saturated heterocycles. The normalized spacial score (nSPS) is 13.1. The average molecular weight is 658 g/mol. The van der Waals surface area contributed by atoms with E-state index in [-0.39, 0.29) is 11.2 Å². The smallest absolute Gasteiger partial charge is 0.148 e. The summed E-state index contributed by atoms with van der Waals surface area (Å²) in [5.74, 6) is -0.283. The van der Waals surface area contributed by atoms with Gasteiger partial charge in [-0.1, -0.05) is 153 Å². The van der Waals surface area contributed by atoms with Crippen LogP contribution in [0.15, 0.2) is 170 Å². The molecule has 1 aliphatic carbocycles. The predicted molar refractivity (Wildman–Crippen MR) is 214 cm³/mol. The third-order valence-corrected chi connectivity index (χ3v) is 10.4. The minimum Gasteiger partial charge on any atom is -0.307 e. The van der Waals surface area contributed by atoms with Gasteiger partial charge in [0.2, 0.25) is 0 Å². The van der Waals surface area contributed by atoms with Crippen LogP contribution in [0.4, 0.5) is 21.5 Å². The van der Waals surface area contributed by atoms with Gasteiger partial charge in [-0.15, -0.1) is 0 Å². The van der Waals surface area contributed by atoms with Crippen molar-refractivity contribution in [3.63, 3.8) is 0 Å². The van der Waals surface area contributed by atoms with Crippen molar-refractivity contribution in [1.82, 2.24) is 0 Å². The first-order valence-corrected chi connectivity index (χ1v) is 17.5. The summed E-state index contributed by atoms with van der Waals surface area (Å²) in [4.78, 5) is 2.03. The van der Waals surface area contributed by atoms with E-state index in [4.69, 9.17) is 0 Å². The van der Waals surface area contributed by atoms with E-state index in [9.17, 15) is 0 Å². The largest absolute Gasteiger partial charge is 0.307 e. The van der Waals surface area contributed by atoms with Crippen LogP contribution < -0.4 is 4.90 Å². The first kappa shape index (κ1) is 30.8. The molecule has 0 N–H and O–H groups in total. The fraction of sp³-hybridized carbons (Fsp3) is 0.0612. The van der Waals surface area contributed by atoms with Crippen LogP contribution in [-0.4, -0.2) is 0 Å². The molecule has 0 aromatic heterocycles. The van der Waals surface area contributed by atoms with Crippen LogP contribution in [0.1, 0.15) is 36.1 Å².